The van der Waals surface area contributed by atoms with Crippen LogP contribution in [0.5, 0.6) is 0 Å². The van der Waals surface area contributed by atoms with Gasteiger partial charge in [0, 0.05) is 0 Å². The highest BCUT2D eigenvalue weighted by Gasteiger charge is 2.26. The quantitative estimate of drug-likeness (QED) is 0.548. The number of imide groups is 1. The number of hydrogen-bond donors (Lipinski definition) is 1. The van der Waals surface area contributed by atoms with Crippen LogP contribution in [0.4, 0.5) is 4.79 Å². The van der Waals surface area contributed by atoms with E-state index in [0.717, 1.165) is 27.1 Å². The highest BCUT2D eigenvalue weighted by atomic mass is 16.6. The Labute approximate surface area is 132 Å². The van der Waals surface area contributed by atoms with Gasteiger partial charge >= 0.3 is 6.09 Å². The fraction of sp³-hybridized carbons (Fsp3) is 0.0526. The Morgan fingerprint density at radius 1 is 0.870 bits per heavy atom. The third-order valence-corrected chi connectivity index (χ3v) is 4.16. The lowest BCUT2D eigenvalue weighted by molar-refractivity contribution is -0.116. The van der Waals surface area contributed by atoms with Crippen LogP contribution in [0.1, 0.15) is 11.1 Å². The fourth-order valence-corrected chi connectivity index (χ4v) is 3.09. The van der Waals surface area contributed by atoms with E-state index in [1.165, 1.54) is 5.56 Å². The van der Waals surface area contributed by atoms with E-state index in [-0.39, 0.29) is 5.76 Å². The van der Waals surface area contributed by atoms with Crippen molar-refractivity contribution in [3.05, 3.63) is 65.4 Å². The zero-order valence-corrected chi connectivity index (χ0v) is 12.4. The molecule has 1 fully saturated rings. The summed E-state index contributed by atoms with van der Waals surface area (Å²) in [6.07, 6.45) is 0.909. The molecule has 2 amide bonds. The summed E-state index contributed by atoms with van der Waals surface area (Å²) in [5.41, 5.74) is 2.06. The van der Waals surface area contributed by atoms with Gasteiger partial charge in [0.15, 0.2) is 5.76 Å². The van der Waals surface area contributed by atoms with Gasteiger partial charge < -0.3 is 4.74 Å². The van der Waals surface area contributed by atoms with Gasteiger partial charge in [-0.15, -0.1) is 0 Å². The largest absolute Gasteiger partial charge is 0.419 e. The molecule has 0 spiro atoms. The van der Waals surface area contributed by atoms with Crippen LogP contribution in [0.25, 0.3) is 27.6 Å². The highest BCUT2D eigenvalue weighted by Crippen LogP contribution is 2.34. The smallest absolute Gasteiger partial charge is 0.404 e. The number of alkyl carbamates (subject to hydrolysis) is 1. The van der Waals surface area contributed by atoms with Crippen molar-refractivity contribution in [2.75, 3.05) is 0 Å². The molecule has 1 N–H and O–H groups in total. The molecule has 4 rings (SSSR count). The molecule has 4 heteroatoms. The number of nitrogens with one attached hydrogen (secondary N) is 1. The third kappa shape index (κ3) is 2.07. The van der Waals surface area contributed by atoms with E-state index < -0.39 is 12.0 Å². The standard InChI is InChI=1S/C19H13NO3/c1-11-12-6-2-4-8-14(12)16(15-9-5-3-7-13(11)15)10-17-18(21)20-19(22)23-17/h2-10H,1H3,(H,20,21,22)/b17-10-. The van der Waals surface area contributed by atoms with E-state index in [4.69, 9.17) is 4.74 Å². The Morgan fingerprint density at radius 3 is 1.87 bits per heavy atom. The first kappa shape index (κ1) is 13.5. The molecule has 1 heterocycles. The normalized spacial score (nSPS) is 16.1. The van der Waals surface area contributed by atoms with Gasteiger partial charge in [-0.05, 0) is 45.7 Å². The number of amides is 2. The van der Waals surface area contributed by atoms with Gasteiger partial charge in [-0.1, -0.05) is 48.5 Å². The van der Waals surface area contributed by atoms with Crippen molar-refractivity contribution >= 4 is 39.6 Å². The summed E-state index contributed by atoms with van der Waals surface area (Å²) in [6.45, 7) is 2.09. The van der Waals surface area contributed by atoms with Crippen LogP contribution in [0.15, 0.2) is 54.3 Å². The average molecular weight is 303 g/mol. The van der Waals surface area contributed by atoms with Crippen molar-refractivity contribution in [1.82, 2.24) is 5.32 Å². The maximum Gasteiger partial charge on any atom is 0.419 e. The van der Waals surface area contributed by atoms with Gasteiger partial charge in [-0.3, -0.25) is 10.1 Å². The molecular weight excluding hydrogens is 290 g/mol. The topological polar surface area (TPSA) is 55.4 Å². The maximum atomic E-state index is 11.8. The molecule has 0 saturated carbocycles. The number of ether oxygens (including phenoxy) is 1. The zero-order valence-electron chi connectivity index (χ0n) is 12.4. The fourth-order valence-electron chi connectivity index (χ4n) is 3.09. The Kier molecular flexibility index (Phi) is 2.91. The maximum absolute atomic E-state index is 11.8. The predicted molar refractivity (Wildman–Crippen MR) is 88.8 cm³/mol. The Balaban J connectivity index is 2.11. The van der Waals surface area contributed by atoms with Gasteiger partial charge in [0.25, 0.3) is 5.91 Å². The number of fused-ring (bicyclic) bond motifs is 2. The molecular formula is C19H13NO3. The lowest BCUT2D eigenvalue weighted by Crippen LogP contribution is -2.18. The van der Waals surface area contributed by atoms with Gasteiger partial charge in [0.2, 0.25) is 0 Å². The van der Waals surface area contributed by atoms with E-state index in [9.17, 15) is 9.59 Å². The van der Waals surface area contributed by atoms with Crippen molar-refractivity contribution in [2.45, 2.75) is 6.92 Å². The summed E-state index contributed by atoms with van der Waals surface area (Å²) < 4.78 is 4.97. The number of carbonyl (C=O) groups excluding carboxylic acids is 2. The predicted octanol–water partition coefficient (Wildman–Crippen LogP) is 3.91. The average Bonchev–Trinajstić information content (AvgIpc) is 2.89. The van der Waals surface area contributed by atoms with Crippen molar-refractivity contribution < 1.29 is 14.3 Å². The third-order valence-electron chi connectivity index (χ3n) is 4.16. The SMILES string of the molecule is Cc1c2ccccc2c(/C=C2\OC(=O)NC2=O)c2ccccc12. The number of carbonyl (C=O) groups is 2. The molecule has 1 saturated heterocycles. The number of rotatable bonds is 1. The molecule has 0 radical (unpaired) electrons. The van der Waals surface area contributed by atoms with E-state index in [0.29, 0.717) is 0 Å². The highest BCUT2D eigenvalue weighted by molar-refractivity contribution is 6.14. The number of benzene rings is 3. The molecule has 1 aliphatic rings. The molecule has 112 valence electrons. The summed E-state index contributed by atoms with van der Waals surface area (Å²) in [6, 6.07) is 16.0. The Bertz CT molecular complexity index is 961. The first-order valence-corrected chi connectivity index (χ1v) is 7.30. The second kappa shape index (κ2) is 4.95. The first-order valence-electron chi connectivity index (χ1n) is 7.30. The molecule has 1 aliphatic heterocycles. The van der Waals surface area contributed by atoms with Crippen LogP contribution in [-0.2, 0) is 9.53 Å². The van der Waals surface area contributed by atoms with Crippen LogP contribution >= 0.6 is 0 Å². The molecule has 0 aromatic heterocycles. The number of hydrogen-bond acceptors (Lipinski definition) is 3. The summed E-state index contributed by atoms with van der Waals surface area (Å²) in [5, 5.41) is 6.39. The Hall–Kier alpha value is -3.14. The number of aryl methyl sites for hydroxylation is 1. The summed E-state index contributed by atoms with van der Waals surface area (Å²) in [5.74, 6) is -0.488. The van der Waals surface area contributed by atoms with Crippen LogP contribution in [0.3, 0.4) is 0 Å². The van der Waals surface area contributed by atoms with Crippen molar-refractivity contribution in [3.63, 3.8) is 0 Å². The van der Waals surface area contributed by atoms with Crippen LogP contribution in [0.2, 0.25) is 0 Å². The van der Waals surface area contributed by atoms with Crippen LogP contribution in [-0.4, -0.2) is 12.0 Å². The van der Waals surface area contributed by atoms with Crippen LogP contribution < -0.4 is 5.32 Å². The van der Waals surface area contributed by atoms with Gasteiger partial charge in [-0.2, -0.15) is 0 Å². The second-order valence-corrected chi connectivity index (χ2v) is 5.48. The number of cyclic esters (lactones) is 1. The molecule has 0 aliphatic carbocycles. The van der Waals surface area contributed by atoms with Crippen molar-refractivity contribution in [1.29, 1.82) is 0 Å². The minimum Gasteiger partial charge on any atom is -0.404 e. The minimum atomic E-state index is -0.734. The van der Waals surface area contributed by atoms with E-state index in [2.05, 4.69) is 24.4 Å². The van der Waals surface area contributed by atoms with E-state index in [1.807, 2.05) is 36.4 Å². The molecule has 3 aromatic carbocycles. The van der Waals surface area contributed by atoms with E-state index in [1.54, 1.807) is 6.08 Å². The summed E-state index contributed by atoms with van der Waals surface area (Å²) >= 11 is 0. The first-order chi connectivity index (χ1) is 11.1. The summed E-state index contributed by atoms with van der Waals surface area (Å²) in [7, 11) is 0. The lowest BCUT2D eigenvalue weighted by atomic mass is 9.92. The molecule has 0 unspecified atom stereocenters. The van der Waals surface area contributed by atoms with Gasteiger partial charge in [-0.25, -0.2) is 4.79 Å². The Morgan fingerprint density at radius 2 is 1.39 bits per heavy atom. The second-order valence-electron chi connectivity index (χ2n) is 5.48. The van der Waals surface area contributed by atoms with Crippen molar-refractivity contribution in [2.24, 2.45) is 0 Å². The van der Waals surface area contributed by atoms with E-state index >= 15 is 0 Å². The molecule has 0 atom stereocenters. The van der Waals surface area contributed by atoms with Gasteiger partial charge in [0.05, 0.1) is 0 Å². The zero-order chi connectivity index (χ0) is 16.0. The van der Waals surface area contributed by atoms with Crippen molar-refractivity contribution in [3.8, 4) is 0 Å². The molecule has 0 bridgehead atoms. The van der Waals surface area contributed by atoms with Gasteiger partial charge in [0.1, 0.15) is 0 Å². The minimum absolute atomic E-state index is 0.0224. The molecule has 4 nitrogen and oxygen atoms in total. The lowest BCUT2D eigenvalue weighted by Gasteiger charge is -2.12. The summed E-state index contributed by atoms with van der Waals surface area (Å²) in [4.78, 5) is 23.0. The monoisotopic (exact) mass is 303 g/mol. The van der Waals surface area contributed by atoms with Crippen LogP contribution in [0, 0.1) is 6.92 Å². The molecule has 23 heavy (non-hydrogen) atoms. The molecule has 3 aromatic rings.